The van der Waals surface area contributed by atoms with Crippen LogP contribution in [0, 0.1) is 3.57 Å². The maximum absolute atomic E-state index is 11.0. The fourth-order valence-corrected chi connectivity index (χ4v) is 2.12. The summed E-state index contributed by atoms with van der Waals surface area (Å²) in [6.45, 7) is 0. The number of hydrogen-bond donors (Lipinski definition) is 1. The molecule has 0 aliphatic carbocycles. The fraction of sp³-hybridized carbons (Fsp3) is 0.333. The predicted octanol–water partition coefficient (Wildman–Crippen LogP) is 1.17. The molecule has 0 unspecified atom stereocenters. The monoisotopic (exact) mass is 345 g/mol. The lowest BCUT2D eigenvalue weighted by molar-refractivity contribution is 0.606. The van der Waals surface area contributed by atoms with Crippen molar-refractivity contribution in [3.8, 4) is 0 Å². The Hall–Kier alpha value is -0.0900. The first-order chi connectivity index (χ1) is 6.42. The smallest absolute Gasteiger partial charge is 0.231 e. The quantitative estimate of drug-likeness (QED) is 0.506. The lowest BCUT2D eigenvalue weighted by atomic mass is 10.6. The largest absolute Gasteiger partial charge is 0.267 e. The van der Waals surface area contributed by atoms with Gasteiger partial charge in [0.2, 0.25) is 10.0 Å². The zero-order chi connectivity index (χ0) is 10.8. The molecule has 0 aliphatic heterocycles. The molecule has 1 N–H and O–H groups in total. The van der Waals surface area contributed by atoms with Crippen molar-refractivity contribution in [3.63, 3.8) is 0 Å². The highest BCUT2D eigenvalue weighted by Gasteiger charge is 2.08. The first-order valence-corrected chi connectivity index (χ1v) is 7.66. The molecular formula is C6H8IN3O2S2. The Labute approximate surface area is 100 Å². The minimum Gasteiger partial charge on any atom is -0.267 e. The first kappa shape index (κ1) is 12.0. The SMILES string of the molecule is CSc1ncc(I)c(NS(C)(=O)=O)n1. The number of nitrogens with one attached hydrogen (secondary N) is 1. The predicted molar refractivity (Wildman–Crippen MR) is 65.0 cm³/mol. The van der Waals surface area contributed by atoms with E-state index in [2.05, 4.69) is 14.7 Å². The third kappa shape index (κ3) is 3.58. The minimum absolute atomic E-state index is 0.326. The Morgan fingerprint density at radius 1 is 1.57 bits per heavy atom. The summed E-state index contributed by atoms with van der Waals surface area (Å²) in [6.07, 6.45) is 4.49. The number of sulfonamides is 1. The summed E-state index contributed by atoms with van der Waals surface area (Å²) >= 11 is 3.33. The van der Waals surface area contributed by atoms with Gasteiger partial charge in [0.05, 0.1) is 9.83 Å². The van der Waals surface area contributed by atoms with Crippen molar-refractivity contribution in [2.45, 2.75) is 5.16 Å². The van der Waals surface area contributed by atoms with Crippen LogP contribution in [0.4, 0.5) is 5.82 Å². The van der Waals surface area contributed by atoms with Gasteiger partial charge < -0.3 is 0 Å². The Morgan fingerprint density at radius 2 is 2.21 bits per heavy atom. The molecule has 5 nitrogen and oxygen atoms in total. The van der Waals surface area contributed by atoms with Gasteiger partial charge in [-0.15, -0.1) is 0 Å². The van der Waals surface area contributed by atoms with Gasteiger partial charge in [-0.05, 0) is 28.8 Å². The third-order valence-corrected chi connectivity index (χ3v) is 3.10. The molecule has 0 atom stereocenters. The van der Waals surface area contributed by atoms with Crippen molar-refractivity contribution in [1.82, 2.24) is 9.97 Å². The number of nitrogens with zero attached hydrogens (tertiary/aromatic N) is 2. The minimum atomic E-state index is -3.28. The van der Waals surface area contributed by atoms with Gasteiger partial charge in [-0.1, -0.05) is 11.8 Å². The van der Waals surface area contributed by atoms with Crippen molar-refractivity contribution in [2.75, 3.05) is 17.2 Å². The zero-order valence-corrected chi connectivity index (χ0v) is 11.3. The van der Waals surface area contributed by atoms with E-state index in [9.17, 15) is 8.42 Å². The van der Waals surface area contributed by atoms with Gasteiger partial charge in [-0.3, -0.25) is 4.72 Å². The molecule has 0 saturated carbocycles. The molecule has 1 heterocycles. The summed E-state index contributed by atoms with van der Waals surface area (Å²) in [5.74, 6) is 0.326. The van der Waals surface area contributed by atoms with Crippen LogP contribution in [-0.2, 0) is 10.0 Å². The van der Waals surface area contributed by atoms with E-state index >= 15 is 0 Å². The van der Waals surface area contributed by atoms with Crippen molar-refractivity contribution in [2.24, 2.45) is 0 Å². The second-order valence-corrected chi connectivity index (χ2v) is 6.11. The standard InChI is InChI=1S/C6H8IN3O2S2/c1-13-6-8-3-4(7)5(9-6)10-14(2,11)12/h3H,1-2H3,(H,8,9,10). The second kappa shape index (κ2) is 4.62. The highest BCUT2D eigenvalue weighted by Crippen LogP contribution is 2.18. The Balaban J connectivity index is 3.07. The number of anilines is 1. The molecule has 14 heavy (non-hydrogen) atoms. The number of aromatic nitrogens is 2. The molecule has 0 fully saturated rings. The van der Waals surface area contributed by atoms with Crippen LogP contribution in [0.2, 0.25) is 0 Å². The van der Waals surface area contributed by atoms with E-state index in [0.717, 1.165) is 6.26 Å². The van der Waals surface area contributed by atoms with Crippen LogP contribution in [0.5, 0.6) is 0 Å². The summed E-state index contributed by atoms with van der Waals surface area (Å²) in [5.41, 5.74) is 0. The summed E-state index contributed by atoms with van der Waals surface area (Å²) < 4.78 is 24.9. The average molecular weight is 345 g/mol. The van der Waals surface area contributed by atoms with Crippen molar-refractivity contribution in [3.05, 3.63) is 9.77 Å². The van der Waals surface area contributed by atoms with E-state index in [0.29, 0.717) is 14.5 Å². The molecule has 0 saturated heterocycles. The molecule has 0 amide bonds. The van der Waals surface area contributed by atoms with Crippen LogP contribution in [0.1, 0.15) is 0 Å². The fourth-order valence-electron chi connectivity index (χ4n) is 0.696. The van der Waals surface area contributed by atoms with E-state index in [4.69, 9.17) is 0 Å². The molecule has 78 valence electrons. The van der Waals surface area contributed by atoms with E-state index in [1.54, 1.807) is 6.20 Å². The molecule has 0 aromatic carbocycles. The zero-order valence-electron chi connectivity index (χ0n) is 7.48. The highest BCUT2D eigenvalue weighted by atomic mass is 127. The molecule has 1 aromatic heterocycles. The van der Waals surface area contributed by atoms with Crippen LogP contribution < -0.4 is 4.72 Å². The highest BCUT2D eigenvalue weighted by molar-refractivity contribution is 14.1. The summed E-state index contributed by atoms with van der Waals surface area (Å²) in [6, 6.07) is 0. The summed E-state index contributed by atoms with van der Waals surface area (Å²) in [4.78, 5) is 8.03. The maximum atomic E-state index is 11.0. The van der Waals surface area contributed by atoms with Crippen LogP contribution in [0.15, 0.2) is 11.4 Å². The van der Waals surface area contributed by atoms with Gasteiger partial charge in [0.15, 0.2) is 11.0 Å². The lowest BCUT2D eigenvalue weighted by Crippen LogP contribution is -2.12. The molecule has 0 spiro atoms. The lowest BCUT2D eigenvalue weighted by Gasteiger charge is -2.05. The molecule has 8 heteroatoms. The third-order valence-electron chi connectivity index (χ3n) is 1.19. The Morgan fingerprint density at radius 3 is 2.71 bits per heavy atom. The van der Waals surface area contributed by atoms with Gasteiger partial charge >= 0.3 is 0 Å². The Kier molecular flexibility index (Phi) is 3.95. The average Bonchev–Trinajstić information content (AvgIpc) is 2.06. The van der Waals surface area contributed by atoms with Crippen LogP contribution in [-0.4, -0.2) is 30.9 Å². The number of hydrogen-bond acceptors (Lipinski definition) is 5. The molecule has 0 radical (unpaired) electrons. The summed E-state index contributed by atoms with van der Waals surface area (Å²) in [7, 11) is -3.28. The molecule has 0 aliphatic rings. The van der Waals surface area contributed by atoms with Crippen molar-refractivity contribution >= 4 is 50.2 Å². The molecular weight excluding hydrogens is 337 g/mol. The van der Waals surface area contributed by atoms with E-state index in [1.807, 2.05) is 28.8 Å². The van der Waals surface area contributed by atoms with E-state index in [1.165, 1.54) is 11.8 Å². The van der Waals surface area contributed by atoms with Crippen LogP contribution in [0.25, 0.3) is 0 Å². The topological polar surface area (TPSA) is 72.0 Å². The molecule has 0 bridgehead atoms. The Bertz CT molecular complexity index is 435. The normalized spacial score (nSPS) is 11.4. The number of halogens is 1. The molecule has 1 rings (SSSR count). The van der Waals surface area contributed by atoms with Crippen LogP contribution in [0.3, 0.4) is 0 Å². The van der Waals surface area contributed by atoms with Crippen molar-refractivity contribution < 1.29 is 8.42 Å². The van der Waals surface area contributed by atoms with Crippen molar-refractivity contribution in [1.29, 1.82) is 0 Å². The first-order valence-electron chi connectivity index (χ1n) is 3.46. The van der Waals surface area contributed by atoms with Gasteiger partial charge in [-0.2, -0.15) is 0 Å². The van der Waals surface area contributed by atoms with Gasteiger partial charge in [0, 0.05) is 6.20 Å². The maximum Gasteiger partial charge on any atom is 0.231 e. The van der Waals surface area contributed by atoms with Gasteiger partial charge in [0.25, 0.3) is 0 Å². The second-order valence-electron chi connectivity index (χ2n) is 2.43. The molecule has 1 aromatic rings. The van der Waals surface area contributed by atoms with E-state index in [-0.39, 0.29) is 0 Å². The van der Waals surface area contributed by atoms with Gasteiger partial charge in [-0.25, -0.2) is 18.4 Å². The van der Waals surface area contributed by atoms with E-state index < -0.39 is 10.0 Å². The summed E-state index contributed by atoms with van der Waals surface area (Å²) in [5, 5.41) is 0.538. The van der Waals surface area contributed by atoms with Gasteiger partial charge in [0.1, 0.15) is 0 Å². The number of thioether (sulfide) groups is 1. The van der Waals surface area contributed by atoms with Crippen LogP contribution >= 0.6 is 34.4 Å². The number of rotatable bonds is 3.